The highest BCUT2D eigenvalue weighted by Crippen LogP contribution is 2.30. The number of hydrogen-bond acceptors (Lipinski definition) is 7. The Morgan fingerprint density at radius 2 is 1.74 bits per heavy atom. The SMILES string of the molecule is COc1cc(S(C)(=N)=O)ccc1Nc1nc2ccc(-c3ccc(NC(=O)Cc4ccc(F)cc4)cc3)cn2n1. The Balaban J connectivity index is 1.29. The van der Waals surface area contributed by atoms with Crippen LogP contribution in [0.2, 0.25) is 0 Å². The van der Waals surface area contributed by atoms with Crippen molar-refractivity contribution in [2.24, 2.45) is 0 Å². The number of pyridine rings is 1. The van der Waals surface area contributed by atoms with Crippen molar-refractivity contribution in [3.8, 4) is 16.9 Å². The molecule has 1 amide bonds. The maximum Gasteiger partial charge on any atom is 0.247 e. The Morgan fingerprint density at radius 3 is 2.44 bits per heavy atom. The zero-order valence-electron chi connectivity index (χ0n) is 21.1. The van der Waals surface area contributed by atoms with E-state index in [-0.39, 0.29) is 18.1 Å². The Morgan fingerprint density at radius 1 is 1.03 bits per heavy atom. The van der Waals surface area contributed by atoms with Crippen molar-refractivity contribution >= 4 is 38.6 Å². The number of rotatable bonds is 8. The molecule has 0 aliphatic carbocycles. The molecule has 3 N–H and O–H groups in total. The largest absolute Gasteiger partial charge is 0.495 e. The lowest BCUT2D eigenvalue weighted by Crippen LogP contribution is -2.14. The molecule has 2 aromatic heterocycles. The molecule has 1 unspecified atom stereocenters. The summed E-state index contributed by atoms with van der Waals surface area (Å²) in [5, 5.41) is 10.5. The van der Waals surface area contributed by atoms with Crippen LogP contribution in [0.15, 0.2) is 90.0 Å². The molecular formula is C28H25FN6O3S. The van der Waals surface area contributed by atoms with Gasteiger partial charge in [-0.1, -0.05) is 24.3 Å². The Hall–Kier alpha value is -4.77. The van der Waals surface area contributed by atoms with Gasteiger partial charge in [0.25, 0.3) is 0 Å². The van der Waals surface area contributed by atoms with Crippen LogP contribution in [0.3, 0.4) is 0 Å². The third-order valence-electron chi connectivity index (χ3n) is 5.98. The van der Waals surface area contributed by atoms with Crippen molar-refractivity contribution in [2.75, 3.05) is 24.0 Å². The van der Waals surface area contributed by atoms with Crippen LogP contribution in [0.4, 0.5) is 21.7 Å². The Bertz CT molecular complexity index is 1770. The number of amides is 1. The van der Waals surface area contributed by atoms with E-state index in [0.29, 0.717) is 33.6 Å². The van der Waals surface area contributed by atoms with E-state index >= 15 is 0 Å². The second kappa shape index (κ2) is 10.5. The van der Waals surface area contributed by atoms with Gasteiger partial charge in [0.05, 0.1) is 33.8 Å². The fourth-order valence-corrected chi connectivity index (χ4v) is 4.64. The number of aromatic nitrogens is 3. The zero-order chi connectivity index (χ0) is 27.6. The average molecular weight is 545 g/mol. The van der Waals surface area contributed by atoms with Crippen molar-refractivity contribution in [1.29, 1.82) is 4.78 Å². The van der Waals surface area contributed by atoms with Crippen molar-refractivity contribution in [1.82, 2.24) is 14.6 Å². The molecule has 11 heteroatoms. The predicted octanol–water partition coefficient (Wildman–Crippen LogP) is 5.50. The minimum atomic E-state index is -2.88. The first-order chi connectivity index (χ1) is 18.7. The Kier molecular flexibility index (Phi) is 6.99. The summed E-state index contributed by atoms with van der Waals surface area (Å²) in [4.78, 5) is 17.2. The maximum absolute atomic E-state index is 13.1. The summed E-state index contributed by atoms with van der Waals surface area (Å²) in [5.41, 5.74) is 4.42. The van der Waals surface area contributed by atoms with E-state index in [4.69, 9.17) is 9.52 Å². The lowest BCUT2D eigenvalue weighted by Gasteiger charge is -2.10. The van der Waals surface area contributed by atoms with E-state index in [1.807, 2.05) is 42.6 Å². The molecule has 0 saturated carbocycles. The summed E-state index contributed by atoms with van der Waals surface area (Å²) in [6, 6.07) is 21.9. The summed E-state index contributed by atoms with van der Waals surface area (Å²) in [5.74, 6) is 0.253. The van der Waals surface area contributed by atoms with E-state index in [1.54, 1.807) is 34.8 Å². The van der Waals surface area contributed by atoms with E-state index < -0.39 is 9.73 Å². The minimum absolute atomic E-state index is 0.153. The molecule has 2 heterocycles. The van der Waals surface area contributed by atoms with Gasteiger partial charge < -0.3 is 15.4 Å². The van der Waals surface area contributed by atoms with E-state index in [1.165, 1.54) is 25.5 Å². The van der Waals surface area contributed by atoms with Crippen LogP contribution < -0.4 is 15.4 Å². The van der Waals surface area contributed by atoms with Crippen LogP contribution >= 0.6 is 0 Å². The molecule has 0 saturated heterocycles. The number of halogens is 1. The van der Waals surface area contributed by atoms with Gasteiger partial charge in [0.15, 0.2) is 5.65 Å². The molecule has 1 atom stereocenters. The monoisotopic (exact) mass is 544 g/mol. The van der Waals surface area contributed by atoms with Crippen LogP contribution in [0, 0.1) is 10.6 Å². The van der Waals surface area contributed by atoms with Gasteiger partial charge in [0, 0.05) is 23.7 Å². The average Bonchev–Trinajstić information content (AvgIpc) is 3.31. The van der Waals surface area contributed by atoms with Crippen LogP contribution in [-0.4, -0.2) is 38.1 Å². The predicted molar refractivity (Wildman–Crippen MR) is 148 cm³/mol. The number of carbonyl (C=O) groups excluding carboxylic acids is 1. The molecule has 0 aliphatic rings. The summed E-state index contributed by atoms with van der Waals surface area (Å²) >= 11 is 0. The summed E-state index contributed by atoms with van der Waals surface area (Å²) < 4.78 is 40.0. The molecule has 0 fully saturated rings. The molecule has 0 spiro atoms. The number of methoxy groups -OCH3 is 1. The zero-order valence-corrected chi connectivity index (χ0v) is 22.0. The standard InChI is InChI=1S/C28H25FN6O3S/c1-38-25-16-23(39(2,30)37)12-13-24(25)32-28-33-26-14-7-20(17-35(26)34-28)19-5-10-22(11-6-19)31-27(36)15-18-3-8-21(29)9-4-18/h3-14,16-17,30H,15H2,1-2H3,(H,31,36)(H,32,34). The molecule has 5 rings (SSSR count). The number of carbonyl (C=O) groups is 1. The van der Waals surface area contributed by atoms with Gasteiger partial charge in [-0.25, -0.2) is 17.9 Å². The van der Waals surface area contributed by atoms with E-state index in [2.05, 4.69) is 20.7 Å². The number of fused-ring (bicyclic) bond motifs is 1. The van der Waals surface area contributed by atoms with Gasteiger partial charge in [0.2, 0.25) is 11.9 Å². The van der Waals surface area contributed by atoms with Crippen molar-refractivity contribution < 1.29 is 18.1 Å². The van der Waals surface area contributed by atoms with Gasteiger partial charge in [0.1, 0.15) is 11.6 Å². The molecule has 198 valence electrons. The highest BCUT2D eigenvalue weighted by atomic mass is 32.2. The smallest absolute Gasteiger partial charge is 0.247 e. The number of hydrogen-bond donors (Lipinski definition) is 3. The van der Waals surface area contributed by atoms with Gasteiger partial charge in [-0.3, -0.25) is 4.79 Å². The second-order valence-electron chi connectivity index (χ2n) is 8.92. The number of nitrogens with zero attached hydrogens (tertiary/aromatic N) is 3. The fourth-order valence-electron chi connectivity index (χ4n) is 3.98. The van der Waals surface area contributed by atoms with Gasteiger partial charge >= 0.3 is 0 Å². The van der Waals surface area contributed by atoms with Crippen molar-refractivity contribution in [3.05, 3.63) is 96.4 Å². The summed E-state index contributed by atoms with van der Waals surface area (Å²) in [7, 11) is -1.38. The number of nitrogens with one attached hydrogen (secondary N) is 3. The molecule has 5 aromatic rings. The lowest BCUT2D eigenvalue weighted by atomic mass is 10.1. The molecular weight excluding hydrogens is 519 g/mol. The molecule has 39 heavy (non-hydrogen) atoms. The first-order valence-electron chi connectivity index (χ1n) is 11.9. The number of anilines is 3. The number of ether oxygens (including phenoxy) is 1. The normalized spacial score (nSPS) is 12.6. The first kappa shape index (κ1) is 25.9. The highest BCUT2D eigenvalue weighted by molar-refractivity contribution is 7.91. The van der Waals surface area contributed by atoms with Crippen LogP contribution in [-0.2, 0) is 20.9 Å². The fraction of sp³-hybridized carbons (Fsp3) is 0.107. The van der Waals surface area contributed by atoms with E-state index in [9.17, 15) is 13.4 Å². The van der Waals surface area contributed by atoms with E-state index in [0.717, 1.165) is 16.7 Å². The van der Waals surface area contributed by atoms with Crippen molar-refractivity contribution in [2.45, 2.75) is 11.3 Å². The van der Waals surface area contributed by atoms with Gasteiger partial charge in [-0.2, -0.15) is 4.98 Å². The third-order valence-corrected chi connectivity index (χ3v) is 7.13. The first-order valence-corrected chi connectivity index (χ1v) is 13.8. The lowest BCUT2D eigenvalue weighted by molar-refractivity contribution is -0.115. The highest BCUT2D eigenvalue weighted by Gasteiger charge is 2.12. The van der Waals surface area contributed by atoms with Crippen LogP contribution in [0.5, 0.6) is 5.75 Å². The molecule has 0 aliphatic heterocycles. The van der Waals surface area contributed by atoms with Gasteiger partial charge in [-0.05, 0) is 65.7 Å². The Labute approximate surface area is 224 Å². The maximum atomic E-state index is 13.1. The summed E-state index contributed by atoms with van der Waals surface area (Å²) in [6.07, 6.45) is 3.36. The second-order valence-corrected chi connectivity index (χ2v) is 11.1. The topological polar surface area (TPSA) is 121 Å². The minimum Gasteiger partial charge on any atom is -0.495 e. The molecule has 0 radical (unpaired) electrons. The molecule has 9 nitrogen and oxygen atoms in total. The van der Waals surface area contributed by atoms with Crippen LogP contribution in [0.1, 0.15) is 5.56 Å². The number of benzene rings is 3. The summed E-state index contributed by atoms with van der Waals surface area (Å²) in [6.45, 7) is 0. The van der Waals surface area contributed by atoms with Crippen molar-refractivity contribution in [3.63, 3.8) is 0 Å². The van der Waals surface area contributed by atoms with Crippen LogP contribution in [0.25, 0.3) is 16.8 Å². The molecule has 3 aromatic carbocycles. The van der Waals surface area contributed by atoms with Gasteiger partial charge in [-0.15, -0.1) is 5.10 Å². The quantitative estimate of drug-likeness (QED) is 0.237. The molecule has 0 bridgehead atoms. The third kappa shape index (κ3) is 6.04.